The average molecular weight is 402 g/mol. The van der Waals surface area contributed by atoms with Crippen molar-refractivity contribution >= 4 is 12.1 Å². The Labute approximate surface area is 157 Å². The van der Waals surface area contributed by atoms with Crippen molar-refractivity contribution < 1.29 is 37.3 Å². The van der Waals surface area contributed by atoms with Gasteiger partial charge < -0.3 is 19.9 Å². The summed E-state index contributed by atoms with van der Waals surface area (Å²) in [7, 11) is 0. The molecule has 0 aliphatic rings. The van der Waals surface area contributed by atoms with Gasteiger partial charge in [0.15, 0.2) is 6.61 Å². The zero-order chi connectivity index (χ0) is 20.7. The van der Waals surface area contributed by atoms with Crippen LogP contribution in [0.1, 0.15) is 18.5 Å². The van der Waals surface area contributed by atoms with Crippen LogP contribution in [0.3, 0.4) is 0 Å². The van der Waals surface area contributed by atoms with Gasteiger partial charge in [-0.25, -0.2) is 19.3 Å². The molecule has 1 aromatic heterocycles. The van der Waals surface area contributed by atoms with Crippen LogP contribution in [-0.2, 0) is 16.1 Å². The van der Waals surface area contributed by atoms with Crippen LogP contribution in [0.25, 0.3) is 0 Å². The summed E-state index contributed by atoms with van der Waals surface area (Å²) in [6, 6.07) is 5.01. The molecule has 2 atom stereocenters. The minimum absolute atomic E-state index is 0.0228. The van der Waals surface area contributed by atoms with Gasteiger partial charge in [-0.15, -0.1) is 0 Å². The van der Waals surface area contributed by atoms with Gasteiger partial charge in [-0.1, -0.05) is 12.1 Å². The summed E-state index contributed by atoms with van der Waals surface area (Å²) in [5, 5.41) is 15.3. The molecule has 9 nitrogen and oxygen atoms in total. The molecular weight excluding hydrogens is 385 g/mol. The number of ether oxygens (including phenoxy) is 2. The summed E-state index contributed by atoms with van der Waals surface area (Å²) < 4.78 is 47.1. The van der Waals surface area contributed by atoms with Crippen molar-refractivity contribution in [2.24, 2.45) is 0 Å². The first kappa shape index (κ1) is 21.0. The van der Waals surface area contributed by atoms with Crippen molar-refractivity contribution in [3.63, 3.8) is 0 Å². The average Bonchev–Trinajstić information content (AvgIpc) is 3.12. The Kier molecular flexibility index (Phi) is 6.79. The molecule has 1 aromatic carbocycles. The summed E-state index contributed by atoms with van der Waals surface area (Å²) >= 11 is 0. The van der Waals surface area contributed by atoms with Crippen molar-refractivity contribution in [1.29, 1.82) is 0 Å². The van der Waals surface area contributed by atoms with Crippen molar-refractivity contribution in [2.45, 2.75) is 31.8 Å². The first-order valence-corrected chi connectivity index (χ1v) is 7.96. The first-order chi connectivity index (χ1) is 13.1. The summed E-state index contributed by atoms with van der Waals surface area (Å²) in [6.07, 6.45) is -4.40. The van der Waals surface area contributed by atoms with E-state index in [0.29, 0.717) is 5.56 Å². The highest BCUT2D eigenvalue weighted by atomic mass is 19.4. The highest BCUT2D eigenvalue weighted by Crippen LogP contribution is 2.21. The van der Waals surface area contributed by atoms with E-state index in [9.17, 15) is 22.8 Å². The second-order valence-electron chi connectivity index (χ2n) is 5.69. The maximum atomic E-state index is 12.1. The van der Waals surface area contributed by atoms with E-state index in [0.717, 1.165) is 0 Å². The number of carboxylic acid groups (broad SMARTS) is 1. The summed E-state index contributed by atoms with van der Waals surface area (Å²) in [4.78, 5) is 26.8. The summed E-state index contributed by atoms with van der Waals surface area (Å²) in [5.41, 5.74) is 0.555. The highest BCUT2D eigenvalue weighted by molar-refractivity contribution is 5.77. The number of carbonyl (C=O) groups is 2. The molecule has 0 fully saturated rings. The lowest BCUT2D eigenvalue weighted by molar-refractivity contribution is -0.153. The van der Waals surface area contributed by atoms with Gasteiger partial charge in [0.1, 0.15) is 18.4 Å². The summed E-state index contributed by atoms with van der Waals surface area (Å²) in [6.45, 7) is -0.0305. The molecule has 0 aliphatic heterocycles. The number of halogens is 3. The lowest BCUT2D eigenvalue weighted by Crippen LogP contribution is -2.37. The van der Waals surface area contributed by atoms with E-state index in [1.54, 1.807) is 6.92 Å². The number of alkyl halides is 3. The number of aliphatic carboxylic acids is 1. The maximum Gasteiger partial charge on any atom is 0.422 e. The predicted octanol–water partition coefficient (Wildman–Crippen LogP) is 2.16. The molecule has 0 radical (unpaired) electrons. The van der Waals surface area contributed by atoms with Gasteiger partial charge in [-0.3, -0.25) is 0 Å². The van der Waals surface area contributed by atoms with Crippen LogP contribution in [0.5, 0.6) is 5.75 Å². The molecule has 0 saturated carbocycles. The standard InChI is InChI=1S/C16H17F3N4O5/c1-10(11-2-4-12(5-3-11)27-7-16(17,18)19)22-15(26)28-13(14(24)25)6-23-9-20-8-21-23/h2-5,8-10,13H,6-7H2,1H3,(H,22,26)(H,24,25)/t10-,13?/m0/s1. The molecular formula is C16H17F3N4O5. The number of nitrogens with zero attached hydrogens (tertiary/aromatic N) is 3. The van der Waals surface area contributed by atoms with Gasteiger partial charge in [-0.05, 0) is 24.6 Å². The van der Waals surface area contributed by atoms with Crippen molar-refractivity contribution in [1.82, 2.24) is 20.1 Å². The number of carboxylic acids is 1. The van der Waals surface area contributed by atoms with Crippen molar-refractivity contribution in [3.8, 4) is 5.75 Å². The molecule has 0 spiro atoms. The number of rotatable bonds is 8. The monoisotopic (exact) mass is 402 g/mol. The van der Waals surface area contributed by atoms with E-state index in [1.807, 2.05) is 0 Å². The Morgan fingerprint density at radius 1 is 1.29 bits per heavy atom. The Balaban J connectivity index is 1.89. The lowest BCUT2D eigenvalue weighted by atomic mass is 10.1. The molecule has 28 heavy (non-hydrogen) atoms. The smallest absolute Gasteiger partial charge is 0.422 e. The van der Waals surface area contributed by atoms with E-state index in [1.165, 1.54) is 41.6 Å². The van der Waals surface area contributed by atoms with Crippen molar-refractivity contribution in [2.75, 3.05) is 6.61 Å². The minimum atomic E-state index is -4.44. The zero-order valence-electron chi connectivity index (χ0n) is 14.6. The second-order valence-corrected chi connectivity index (χ2v) is 5.69. The fourth-order valence-electron chi connectivity index (χ4n) is 2.10. The Morgan fingerprint density at radius 2 is 1.96 bits per heavy atom. The number of amides is 1. The number of nitrogens with one attached hydrogen (secondary N) is 1. The first-order valence-electron chi connectivity index (χ1n) is 7.96. The minimum Gasteiger partial charge on any atom is -0.484 e. The fourth-order valence-corrected chi connectivity index (χ4v) is 2.10. The normalized spacial score (nSPS) is 13.4. The molecule has 0 aliphatic carbocycles. The van der Waals surface area contributed by atoms with Crippen LogP contribution in [0.15, 0.2) is 36.9 Å². The number of alkyl carbamates (subject to hydrolysis) is 1. The molecule has 152 valence electrons. The third kappa shape index (κ3) is 6.78. The van der Waals surface area contributed by atoms with Crippen molar-refractivity contribution in [3.05, 3.63) is 42.5 Å². The predicted molar refractivity (Wildman–Crippen MR) is 87.5 cm³/mol. The van der Waals surface area contributed by atoms with Crippen LogP contribution < -0.4 is 10.1 Å². The largest absolute Gasteiger partial charge is 0.484 e. The van der Waals surface area contributed by atoms with Gasteiger partial charge in [0.05, 0.1) is 12.6 Å². The number of benzene rings is 1. The van der Waals surface area contributed by atoms with E-state index in [4.69, 9.17) is 9.84 Å². The van der Waals surface area contributed by atoms with E-state index in [2.05, 4.69) is 20.1 Å². The number of carbonyl (C=O) groups excluding carboxylic acids is 1. The SMILES string of the molecule is C[C@H](NC(=O)OC(Cn1cncn1)C(=O)O)c1ccc(OCC(F)(F)F)cc1. The second kappa shape index (κ2) is 9.06. The van der Waals surface area contributed by atoms with Gasteiger partial charge in [0.25, 0.3) is 0 Å². The van der Waals surface area contributed by atoms with Crippen LogP contribution in [0.2, 0.25) is 0 Å². The van der Waals surface area contributed by atoms with Gasteiger partial charge in [-0.2, -0.15) is 18.3 Å². The van der Waals surface area contributed by atoms with E-state index in [-0.39, 0.29) is 12.3 Å². The highest BCUT2D eigenvalue weighted by Gasteiger charge is 2.28. The quantitative estimate of drug-likeness (QED) is 0.695. The molecule has 12 heteroatoms. The molecule has 2 aromatic rings. The van der Waals surface area contributed by atoms with Crippen LogP contribution in [0.4, 0.5) is 18.0 Å². The molecule has 1 unspecified atom stereocenters. The molecule has 2 N–H and O–H groups in total. The fraction of sp³-hybridized carbons (Fsp3) is 0.375. The third-order valence-corrected chi connectivity index (χ3v) is 3.46. The van der Waals surface area contributed by atoms with Gasteiger partial charge >= 0.3 is 18.2 Å². The van der Waals surface area contributed by atoms with Gasteiger partial charge in [0.2, 0.25) is 6.10 Å². The van der Waals surface area contributed by atoms with Crippen LogP contribution >= 0.6 is 0 Å². The number of hydrogen-bond donors (Lipinski definition) is 2. The number of aromatic nitrogens is 3. The Bertz CT molecular complexity index is 781. The molecule has 1 heterocycles. The van der Waals surface area contributed by atoms with Gasteiger partial charge in [0, 0.05) is 0 Å². The van der Waals surface area contributed by atoms with Crippen LogP contribution in [0, 0.1) is 0 Å². The van der Waals surface area contributed by atoms with Crippen LogP contribution in [-0.4, -0.2) is 50.8 Å². The zero-order valence-corrected chi connectivity index (χ0v) is 14.6. The van der Waals surface area contributed by atoms with E-state index < -0.39 is 37.0 Å². The topological polar surface area (TPSA) is 116 Å². The maximum absolute atomic E-state index is 12.1. The molecule has 2 rings (SSSR count). The lowest BCUT2D eigenvalue weighted by Gasteiger charge is -2.18. The number of hydrogen-bond acceptors (Lipinski definition) is 6. The molecule has 1 amide bonds. The Hall–Kier alpha value is -3.31. The summed E-state index contributed by atoms with van der Waals surface area (Å²) in [5.74, 6) is -1.33. The molecule has 0 saturated heterocycles. The molecule has 0 bridgehead atoms. The third-order valence-electron chi connectivity index (χ3n) is 3.46. The van der Waals surface area contributed by atoms with E-state index >= 15 is 0 Å². The Morgan fingerprint density at radius 3 is 2.50 bits per heavy atom.